The number of fused-ring (bicyclic) bond motifs is 1. The van der Waals surface area contributed by atoms with Crippen LogP contribution >= 0.6 is 0 Å². The lowest BCUT2D eigenvalue weighted by molar-refractivity contribution is -0.132. The third-order valence-electron chi connectivity index (χ3n) is 5.36. The zero-order chi connectivity index (χ0) is 20.9. The maximum absolute atomic E-state index is 11.9. The Kier molecular flexibility index (Phi) is 5.07. The van der Waals surface area contributed by atoms with E-state index in [9.17, 15) is 4.79 Å². The molecule has 0 saturated carbocycles. The van der Waals surface area contributed by atoms with Crippen LogP contribution in [0.15, 0.2) is 24.3 Å². The van der Waals surface area contributed by atoms with Crippen molar-refractivity contribution in [3.05, 3.63) is 57.6 Å². The summed E-state index contributed by atoms with van der Waals surface area (Å²) < 4.78 is 11.9. The van der Waals surface area contributed by atoms with Crippen LogP contribution in [0.4, 0.5) is 0 Å². The summed E-state index contributed by atoms with van der Waals surface area (Å²) in [6.45, 7) is 17.3. The maximum atomic E-state index is 11.9. The Bertz CT molecular complexity index is 930. The number of hydrogen-bond donors (Lipinski definition) is 0. The number of aryl methyl sites for hydroxylation is 2. The molecule has 150 valence electrons. The predicted octanol–water partition coefficient (Wildman–Crippen LogP) is 5.79. The third-order valence-corrected chi connectivity index (χ3v) is 5.36. The standard InChI is InChI=1S/C25H32O3/c1-15-10-19(23(28-17(3)26)20(11-15)24(4,5)6)13-18-9-16(2)12-21-22(18)27-14-25(21,7)8/h9-12H,13-14H2,1-8H3. The van der Waals surface area contributed by atoms with Crippen molar-refractivity contribution >= 4 is 5.97 Å². The molecule has 0 atom stereocenters. The first-order chi connectivity index (χ1) is 12.9. The van der Waals surface area contributed by atoms with Gasteiger partial charge in [-0.1, -0.05) is 70.0 Å². The van der Waals surface area contributed by atoms with Crippen LogP contribution in [0.3, 0.4) is 0 Å². The monoisotopic (exact) mass is 380 g/mol. The Labute approximate surface area is 169 Å². The fraction of sp³-hybridized carbons (Fsp3) is 0.480. The van der Waals surface area contributed by atoms with Gasteiger partial charge < -0.3 is 9.47 Å². The van der Waals surface area contributed by atoms with Gasteiger partial charge in [0.2, 0.25) is 0 Å². The highest BCUT2D eigenvalue weighted by molar-refractivity contribution is 5.71. The van der Waals surface area contributed by atoms with Gasteiger partial charge in [-0.15, -0.1) is 0 Å². The molecule has 0 fully saturated rings. The van der Waals surface area contributed by atoms with E-state index in [0.29, 0.717) is 18.8 Å². The number of benzene rings is 2. The quantitative estimate of drug-likeness (QED) is 0.500. The molecule has 1 aliphatic rings. The first-order valence-corrected chi connectivity index (χ1v) is 9.98. The zero-order valence-electron chi connectivity index (χ0n) is 18.4. The van der Waals surface area contributed by atoms with Gasteiger partial charge in [0.05, 0.1) is 6.61 Å². The lowest BCUT2D eigenvalue weighted by atomic mass is 9.82. The van der Waals surface area contributed by atoms with Crippen LogP contribution in [0.2, 0.25) is 0 Å². The van der Waals surface area contributed by atoms with Crippen LogP contribution in [0.5, 0.6) is 11.5 Å². The second-order valence-corrected chi connectivity index (χ2v) is 9.79. The molecule has 0 radical (unpaired) electrons. The topological polar surface area (TPSA) is 35.5 Å². The van der Waals surface area contributed by atoms with E-state index in [1.54, 1.807) is 0 Å². The molecule has 3 rings (SSSR count). The van der Waals surface area contributed by atoms with Crippen LogP contribution < -0.4 is 9.47 Å². The van der Waals surface area contributed by atoms with E-state index in [1.807, 2.05) is 0 Å². The summed E-state index contributed by atoms with van der Waals surface area (Å²) >= 11 is 0. The van der Waals surface area contributed by atoms with Gasteiger partial charge in [0.1, 0.15) is 11.5 Å². The Balaban J connectivity index is 2.16. The minimum Gasteiger partial charge on any atom is -0.492 e. The third kappa shape index (κ3) is 3.94. The molecule has 2 aromatic carbocycles. The summed E-state index contributed by atoms with van der Waals surface area (Å²) in [6, 6.07) is 8.68. The Morgan fingerprint density at radius 3 is 2.29 bits per heavy atom. The van der Waals surface area contributed by atoms with Crippen molar-refractivity contribution in [2.24, 2.45) is 0 Å². The first-order valence-electron chi connectivity index (χ1n) is 9.98. The summed E-state index contributed by atoms with van der Waals surface area (Å²) in [6.07, 6.45) is 0.674. The largest absolute Gasteiger partial charge is 0.492 e. The Morgan fingerprint density at radius 2 is 1.68 bits per heavy atom. The molecular weight excluding hydrogens is 348 g/mol. The number of carbonyl (C=O) groups is 1. The molecule has 0 aromatic heterocycles. The summed E-state index contributed by atoms with van der Waals surface area (Å²) in [7, 11) is 0. The Morgan fingerprint density at radius 1 is 1.07 bits per heavy atom. The zero-order valence-corrected chi connectivity index (χ0v) is 18.4. The molecule has 0 amide bonds. The highest BCUT2D eigenvalue weighted by Gasteiger charge is 2.34. The van der Waals surface area contributed by atoms with Gasteiger partial charge in [0, 0.05) is 29.9 Å². The predicted molar refractivity (Wildman–Crippen MR) is 114 cm³/mol. The summed E-state index contributed by atoms with van der Waals surface area (Å²) in [5.74, 6) is 1.39. The van der Waals surface area contributed by atoms with Crippen LogP contribution in [-0.2, 0) is 22.0 Å². The maximum Gasteiger partial charge on any atom is 0.308 e. The smallest absolute Gasteiger partial charge is 0.308 e. The number of ether oxygens (including phenoxy) is 2. The molecule has 0 N–H and O–H groups in total. The van der Waals surface area contributed by atoms with Crippen molar-refractivity contribution in [3.8, 4) is 11.5 Å². The number of hydrogen-bond acceptors (Lipinski definition) is 3. The summed E-state index contributed by atoms with van der Waals surface area (Å²) in [5, 5.41) is 0. The summed E-state index contributed by atoms with van der Waals surface area (Å²) in [4.78, 5) is 11.9. The molecular formula is C25H32O3. The van der Waals surface area contributed by atoms with Gasteiger partial charge in [0.25, 0.3) is 0 Å². The second kappa shape index (κ2) is 6.95. The van der Waals surface area contributed by atoms with Crippen molar-refractivity contribution < 1.29 is 14.3 Å². The van der Waals surface area contributed by atoms with Gasteiger partial charge in [0.15, 0.2) is 0 Å². The molecule has 0 saturated heterocycles. The molecule has 0 aliphatic carbocycles. The lowest BCUT2D eigenvalue weighted by Gasteiger charge is -2.25. The minimum absolute atomic E-state index is 0.0119. The fourth-order valence-corrected chi connectivity index (χ4v) is 3.99. The van der Waals surface area contributed by atoms with E-state index in [0.717, 1.165) is 22.4 Å². The van der Waals surface area contributed by atoms with E-state index in [2.05, 4.69) is 72.7 Å². The SMILES string of the molecule is CC(=O)Oc1c(Cc2cc(C)cc3c2OCC3(C)C)cc(C)cc1C(C)(C)C. The van der Waals surface area contributed by atoms with Crippen molar-refractivity contribution in [1.29, 1.82) is 0 Å². The highest BCUT2D eigenvalue weighted by atomic mass is 16.5. The lowest BCUT2D eigenvalue weighted by Crippen LogP contribution is -2.18. The highest BCUT2D eigenvalue weighted by Crippen LogP contribution is 2.43. The molecule has 3 heteroatoms. The van der Waals surface area contributed by atoms with Gasteiger partial charge in [-0.05, 0) is 30.4 Å². The Hall–Kier alpha value is -2.29. The van der Waals surface area contributed by atoms with Gasteiger partial charge in [-0.2, -0.15) is 0 Å². The van der Waals surface area contributed by atoms with E-state index < -0.39 is 0 Å². The van der Waals surface area contributed by atoms with Crippen molar-refractivity contribution in [1.82, 2.24) is 0 Å². The normalized spacial score (nSPS) is 15.1. The molecule has 2 aromatic rings. The van der Waals surface area contributed by atoms with Crippen LogP contribution in [-0.4, -0.2) is 12.6 Å². The summed E-state index contributed by atoms with van der Waals surface area (Å²) in [5.41, 5.74) is 6.78. The molecule has 0 bridgehead atoms. The second-order valence-electron chi connectivity index (χ2n) is 9.79. The number of rotatable bonds is 3. The minimum atomic E-state index is -0.289. The molecule has 0 spiro atoms. The molecule has 28 heavy (non-hydrogen) atoms. The van der Waals surface area contributed by atoms with Crippen LogP contribution in [0.1, 0.15) is 74.9 Å². The van der Waals surface area contributed by atoms with Crippen LogP contribution in [0.25, 0.3) is 0 Å². The van der Waals surface area contributed by atoms with E-state index >= 15 is 0 Å². The van der Waals surface area contributed by atoms with Crippen molar-refractivity contribution in [3.63, 3.8) is 0 Å². The number of esters is 1. The average Bonchev–Trinajstić information content (AvgIpc) is 2.83. The van der Waals surface area contributed by atoms with Gasteiger partial charge >= 0.3 is 5.97 Å². The fourth-order valence-electron chi connectivity index (χ4n) is 3.99. The van der Waals surface area contributed by atoms with E-state index in [4.69, 9.17) is 9.47 Å². The van der Waals surface area contributed by atoms with Crippen molar-refractivity contribution in [2.75, 3.05) is 6.61 Å². The number of carbonyl (C=O) groups excluding carboxylic acids is 1. The first kappa shape index (κ1) is 20.4. The van der Waals surface area contributed by atoms with E-state index in [1.165, 1.54) is 23.6 Å². The molecule has 1 aliphatic heterocycles. The van der Waals surface area contributed by atoms with E-state index in [-0.39, 0.29) is 16.8 Å². The molecule has 3 nitrogen and oxygen atoms in total. The molecule has 0 unspecified atom stereocenters. The average molecular weight is 381 g/mol. The van der Waals surface area contributed by atoms with Gasteiger partial charge in [-0.25, -0.2) is 0 Å². The molecule has 1 heterocycles. The van der Waals surface area contributed by atoms with Crippen LogP contribution in [0, 0.1) is 13.8 Å². The van der Waals surface area contributed by atoms with Gasteiger partial charge in [-0.3, -0.25) is 4.79 Å². The van der Waals surface area contributed by atoms with Crippen molar-refractivity contribution in [2.45, 2.75) is 72.6 Å².